The number of aliphatic carboxylic acids is 1. The maximum atomic E-state index is 12.0. The Morgan fingerprint density at radius 3 is 2.26 bits per heavy atom. The lowest BCUT2D eigenvalue weighted by Gasteiger charge is -2.10. The summed E-state index contributed by atoms with van der Waals surface area (Å²) in [6.45, 7) is 3.23. The van der Waals surface area contributed by atoms with Crippen molar-refractivity contribution in [2.75, 3.05) is 22.5 Å². The third-order valence-electron chi connectivity index (χ3n) is 4.31. The number of halogens is 3. The minimum atomic E-state index is -5.08. The standard InChI is InChI=1S/C21H23N5O.C2HF3O2/c1-16-7-5-6-8-17(16)15-24-21-23-13-11-19(26-21)22-14-12-20(27)25-18-9-3-2-4-10-18;3-2(4,5)1(6)7/h2-11,13H,12,14-15H2,1H3,(H,25,27)(H2,22,23,24,26);(H,6,7). The van der Waals surface area contributed by atoms with Crippen molar-refractivity contribution in [1.29, 1.82) is 0 Å². The fourth-order valence-corrected chi connectivity index (χ4v) is 2.57. The summed E-state index contributed by atoms with van der Waals surface area (Å²) in [7, 11) is 0. The van der Waals surface area contributed by atoms with Gasteiger partial charge in [0.2, 0.25) is 11.9 Å². The lowest BCUT2D eigenvalue weighted by Crippen LogP contribution is -2.21. The smallest absolute Gasteiger partial charge is 0.475 e. The first kappa shape index (κ1) is 26.1. The Labute approximate surface area is 194 Å². The average molecular weight is 475 g/mol. The van der Waals surface area contributed by atoms with Crippen molar-refractivity contribution in [3.63, 3.8) is 0 Å². The van der Waals surface area contributed by atoms with E-state index in [9.17, 15) is 18.0 Å². The van der Waals surface area contributed by atoms with Crippen LogP contribution in [0.25, 0.3) is 0 Å². The van der Waals surface area contributed by atoms with Crippen LogP contribution in [0.15, 0.2) is 66.9 Å². The van der Waals surface area contributed by atoms with E-state index >= 15 is 0 Å². The van der Waals surface area contributed by atoms with Crippen LogP contribution in [0.4, 0.5) is 30.6 Å². The molecule has 1 heterocycles. The van der Waals surface area contributed by atoms with Crippen LogP contribution in [-0.4, -0.2) is 39.7 Å². The molecule has 180 valence electrons. The summed E-state index contributed by atoms with van der Waals surface area (Å²) in [5.74, 6) is -1.56. The van der Waals surface area contributed by atoms with Gasteiger partial charge in [-0.2, -0.15) is 18.2 Å². The number of carboxylic acid groups (broad SMARTS) is 1. The van der Waals surface area contributed by atoms with Crippen LogP contribution >= 0.6 is 0 Å². The van der Waals surface area contributed by atoms with Crippen LogP contribution < -0.4 is 16.0 Å². The molecule has 0 aliphatic heterocycles. The number of hydrogen-bond donors (Lipinski definition) is 4. The molecule has 8 nitrogen and oxygen atoms in total. The highest BCUT2D eigenvalue weighted by molar-refractivity contribution is 5.90. The highest BCUT2D eigenvalue weighted by Gasteiger charge is 2.38. The minimum absolute atomic E-state index is 0.0411. The Bertz CT molecular complexity index is 1080. The molecule has 0 saturated carbocycles. The van der Waals surface area contributed by atoms with E-state index in [4.69, 9.17) is 9.90 Å². The number of nitrogens with one attached hydrogen (secondary N) is 3. The Kier molecular flexibility index (Phi) is 9.81. The van der Waals surface area contributed by atoms with E-state index in [1.165, 1.54) is 11.1 Å². The van der Waals surface area contributed by atoms with E-state index in [0.717, 1.165) is 5.69 Å². The summed E-state index contributed by atoms with van der Waals surface area (Å²) < 4.78 is 31.7. The molecular weight excluding hydrogens is 451 g/mol. The number of nitrogens with zero attached hydrogens (tertiary/aromatic N) is 2. The molecule has 0 fully saturated rings. The Hall–Kier alpha value is -4.15. The fourth-order valence-electron chi connectivity index (χ4n) is 2.57. The number of carbonyl (C=O) groups is 2. The van der Waals surface area contributed by atoms with E-state index in [2.05, 4.69) is 45.0 Å². The topological polar surface area (TPSA) is 116 Å². The number of anilines is 3. The van der Waals surface area contributed by atoms with Crippen LogP contribution in [0.1, 0.15) is 17.5 Å². The van der Waals surface area contributed by atoms with Crippen molar-refractivity contribution in [2.24, 2.45) is 0 Å². The van der Waals surface area contributed by atoms with Crippen LogP contribution in [0, 0.1) is 6.92 Å². The summed E-state index contributed by atoms with van der Waals surface area (Å²) in [6, 6.07) is 19.4. The molecule has 0 aliphatic rings. The van der Waals surface area contributed by atoms with Gasteiger partial charge in [-0.25, -0.2) is 9.78 Å². The molecule has 0 atom stereocenters. The largest absolute Gasteiger partial charge is 0.490 e. The number of alkyl halides is 3. The third-order valence-corrected chi connectivity index (χ3v) is 4.31. The monoisotopic (exact) mass is 475 g/mol. The molecule has 1 aromatic heterocycles. The van der Waals surface area contributed by atoms with Crippen molar-refractivity contribution in [3.8, 4) is 0 Å². The quantitative estimate of drug-likeness (QED) is 0.380. The molecule has 0 unspecified atom stereocenters. The van der Waals surface area contributed by atoms with Gasteiger partial charge in [0.05, 0.1) is 0 Å². The molecule has 4 N–H and O–H groups in total. The molecule has 2 aromatic carbocycles. The summed E-state index contributed by atoms with van der Waals surface area (Å²) >= 11 is 0. The first-order valence-electron chi connectivity index (χ1n) is 10.2. The first-order valence-corrected chi connectivity index (χ1v) is 10.2. The zero-order valence-electron chi connectivity index (χ0n) is 18.3. The molecule has 0 spiro atoms. The summed E-state index contributed by atoms with van der Waals surface area (Å²) in [6.07, 6.45) is -3.04. The Balaban J connectivity index is 0.000000509. The number of hydrogen-bond acceptors (Lipinski definition) is 6. The van der Waals surface area contributed by atoms with Gasteiger partial charge in [-0.05, 0) is 36.2 Å². The van der Waals surface area contributed by atoms with Crippen LogP contribution in [0.2, 0.25) is 0 Å². The van der Waals surface area contributed by atoms with Crippen LogP contribution in [-0.2, 0) is 16.1 Å². The van der Waals surface area contributed by atoms with E-state index in [1.54, 1.807) is 12.3 Å². The number of aryl methyl sites for hydroxylation is 1. The fraction of sp³-hybridized carbons (Fsp3) is 0.217. The molecular formula is C23H24F3N5O3. The molecule has 11 heteroatoms. The number of aromatic nitrogens is 2. The minimum Gasteiger partial charge on any atom is -0.475 e. The number of carbonyl (C=O) groups excluding carboxylic acids is 1. The maximum Gasteiger partial charge on any atom is 0.490 e. The molecule has 0 radical (unpaired) electrons. The average Bonchev–Trinajstić information content (AvgIpc) is 2.79. The lowest BCUT2D eigenvalue weighted by atomic mass is 10.1. The summed E-state index contributed by atoms with van der Waals surface area (Å²) in [5.41, 5.74) is 3.23. The molecule has 0 bridgehead atoms. The zero-order valence-corrected chi connectivity index (χ0v) is 18.3. The van der Waals surface area contributed by atoms with E-state index in [-0.39, 0.29) is 5.91 Å². The van der Waals surface area contributed by atoms with Crippen molar-refractivity contribution in [2.45, 2.75) is 26.1 Å². The van der Waals surface area contributed by atoms with Gasteiger partial charge >= 0.3 is 12.1 Å². The number of carboxylic acids is 1. The summed E-state index contributed by atoms with van der Waals surface area (Å²) in [4.78, 5) is 29.5. The van der Waals surface area contributed by atoms with E-state index in [1.807, 2.05) is 42.5 Å². The highest BCUT2D eigenvalue weighted by atomic mass is 19.4. The van der Waals surface area contributed by atoms with E-state index in [0.29, 0.717) is 31.3 Å². The van der Waals surface area contributed by atoms with Gasteiger partial charge in [0, 0.05) is 31.4 Å². The second-order valence-electron chi connectivity index (χ2n) is 6.94. The molecule has 34 heavy (non-hydrogen) atoms. The number of rotatable bonds is 8. The number of para-hydroxylation sites is 1. The highest BCUT2D eigenvalue weighted by Crippen LogP contribution is 2.13. The molecule has 0 saturated heterocycles. The third kappa shape index (κ3) is 9.55. The normalized spacial score (nSPS) is 10.5. The molecule has 3 aromatic rings. The number of benzene rings is 2. The second kappa shape index (κ2) is 12.8. The molecule has 0 aliphatic carbocycles. The van der Waals surface area contributed by atoms with Gasteiger partial charge in [0.25, 0.3) is 0 Å². The van der Waals surface area contributed by atoms with Gasteiger partial charge in [0.15, 0.2) is 0 Å². The van der Waals surface area contributed by atoms with Gasteiger partial charge in [-0.15, -0.1) is 0 Å². The summed E-state index contributed by atoms with van der Waals surface area (Å²) in [5, 5.41) is 16.4. The molecule has 3 rings (SSSR count). The Morgan fingerprint density at radius 2 is 1.62 bits per heavy atom. The van der Waals surface area contributed by atoms with Crippen molar-refractivity contribution in [1.82, 2.24) is 9.97 Å². The first-order chi connectivity index (χ1) is 16.1. The maximum absolute atomic E-state index is 12.0. The Morgan fingerprint density at radius 1 is 0.971 bits per heavy atom. The van der Waals surface area contributed by atoms with Crippen LogP contribution in [0.5, 0.6) is 0 Å². The predicted octanol–water partition coefficient (Wildman–Crippen LogP) is 4.47. The van der Waals surface area contributed by atoms with Crippen LogP contribution in [0.3, 0.4) is 0 Å². The SMILES string of the molecule is Cc1ccccc1CNc1nccc(NCCC(=O)Nc2ccccc2)n1.O=C(O)C(F)(F)F. The van der Waals surface area contributed by atoms with Gasteiger partial charge in [0.1, 0.15) is 5.82 Å². The van der Waals surface area contributed by atoms with Crippen molar-refractivity contribution >= 4 is 29.3 Å². The van der Waals surface area contributed by atoms with Gasteiger partial charge in [-0.3, -0.25) is 4.79 Å². The van der Waals surface area contributed by atoms with Gasteiger partial charge in [-0.1, -0.05) is 42.5 Å². The van der Waals surface area contributed by atoms with Crippen molar-refractivity contribution in [3.05, 3.63) is 78.0 Å². The predicted molar refractivity (Wildman–Crippen MR) is 122 cm³/mol. The van der Waals surface area contributed by atoms with Crippen molar-refractivity contribution < 1.29 is 27.9 Å². The number of amides is 1. The van der Waals surface area contributed by atoms with Gasteiger partial charge < -0.3 is 21.1 Å². The second-order valence-corrected chi connectivity index (χ2v) is 6.94. The van der Waals surface area contributed by atoms with E-state index < -0.39 is 12.1 Å². The molecule has 1 amide bonds. The zero-order chi connectivity index (χ0) is 25.0. The lowest BCUT2D eigenvalue weighted by molar-refractivity contribution is -0.192.